The molecule has 192 valence electrons. The minimum atomic E-state index is 0.789. The molecule has 0 saturated carbocycles. The third kappa shape index (κ3) is 13.1. The minimum Gasteiger partial charge on any atom is -0.493 e. The van der Waals surface area contributed by atoms with Crippen molar-refractivity contribution in [3.8, 4) is 5.75 Å². The van der Waals surface area contributed by atoms with Crippen LogP contribution in [0.4, 0.5) is 0 Å². The average Bonchev–Trinajstić information content (AvgIpc) is 2.89. The molecule has 2 heteroatoms. The molecule has 0 spiro atoms. The number of unbranched alkanes of at least 4 members (excludes halogenated alkanes) is 12. The Morgan fingerprint density at radius 1 is 0.714 bits per heavy atom. The van der Waals surface area contributed by atoms with Crippen LogP contribution in [0.5, 0.6) is 5.75 Å². The molecule has 0 N–H and O–H groups in total. The van der Waals surface area contributed by atoms with Gasteiger partial charge >= 0.3 is 0 Å². The van der Waals surface area contributed by atoms with E-state index in [1.807, 2.05) is 24.3 Å². The predicted octanol–water partition coefficient (Wildman–Crippen LogP) is 10.5. The molecule has 0 aliphatic heterocycles. The van der Waals surface area contributed by atoms with Gasteiger partial charge in [-0.25, -0.2) is 0 Å². The zero-order valence-corrected chi connectivity index (χ0v) is 23.2. The highest BCUT2D eigenvalue weighted by Crippen LogP contribution is 2.24. The van der Waals surface area contributed by atoms with Gasteiger partial charge in [0.25, 0.3) is 0 Å². The van der Waals surface area contributed by atoms with E-state index in [0.717, 1.165) is 47.6 Å². The third-order valence-corrected chi connectivity index (χ3v) is 6.97. The van der Waals surface area contributed by atoms with Gasteiger partial charge in [-0.05, 0) is 42.2 Å². The molecule has 35 heavy (non-hydrogen) atoms. The molecule has 0 aromatic heterocycles. The number of benzene rings is 2. The summed E-state index contributed by atoms with van der Waals surface area (Å²) in [6.45, 7) is 5.30. The Bertz CT molecular complexity index is 839. The normalized spacial score (nSPS) is 11.3. The van der Waals surface area contributed by atoms with E-state index >= 15 is 0 Å². The molecule has 0 atom stereocenters. The topological polar surface area (TPSA) is 9.23 Å². The fourth-order valence-electron chi connectivity index (χ4n) is 4.45. The zero-order chi connectivity index (χ0) is 25.0. The van der Waals surface area contributed by atoms with Crippen molar-refractivity contribution >= 4 is 23.2 Å². The Morgan fingerprint density at radius 3 is 1.91 bits per heavy atom. The van der Waals surface area contributed by atoms with E-state index in [1.165, 1.54) is 82.6 Å². The van der Waals surface area contributed by atoms with Crippen molar-refractivity contribution in [3.05, 3.63) is 71.3 Å². The lowest BCUT2D eigenvalue weighted by atomic mass is 10.0. The van der Waals surface area contributed by atoms with Crippen LogP contribution in [-0.4, -0.2) is 11.5 Å². The molecule has 0 bridgehead atoms. The van der Waals surface area contributed by atoms with Crippen LogP contribution in [0.15, 0.2) is 54.6 Å². The Labute approximate surface area is 221 Å². The van der Waals surface area contributed by atoms with Crippen LogP contribution in [-0.2, 0) is 6.42 Å². The van der Waals surface area contributed by atoms with Crippen molar-refractivity contribution in [1.82, 2.24) is 0 Å². The SMILES string of the molecule is CCCCCCCCCCCCCCCOc1cc(CCC)ccc1C=CC(=S)c1ccccc1. The fraction of sp³-hybridized carbons (Fsp3) is 0.545. The van der Waals surface area contributed by atoms with Gasteiger partial charge in [0, 0.05) is 10.4 Å². The molecular formula is C33H48OS. The highest BCUT2D eigenvalue weighted by molar-refractivity contribution is 7.81. The number of ether oxygens (including phenoxy) is 1. The number of aryl methyl sites for hydroxylation is 1. The Morgan fingerprint density at radius 2 is 1.31 bits per heavy atom. The van der Waals surface area contributed by atoms with Crippen LogP contribution in [0.1, 0.15) is 120 Å². The van der Waals surface area contributed by atoms with Gasteiger partial charge in [-0.15, -0.1) is 0 Å². The summed E-state index contributed by atoms with van der Waals surface area (Å²) in [7, 11) is 0. The number of thiocarbonyl (C=S) groups is 1. The van der Waals surface area contributed by atoms with Gasteiger partial charge in [-0.3, -0.25) is 0 Å². The molecule has 2 rings (SSSR count). The third-order valence-electron chi connectivity index (χ3n) is 6.59. The molecular weight excluding hydrogens is 444 g/mol. The van der Waals surface area contributed by atoms with Crippen molar-refractivity contribution < 1.29 is 4.74 Å². The second kappa shape index (κ2) is 19.3. The first-order valence-electron chi connectivity index (χ1n) is 14.3. The van der Waals surface area contributed by atoms with Crippen molar-refractivity contribution in [2.75, 3.05) is 6.61 Å². The molecule has 0 fully saturated rings. The standard InChI is InChI=1S/C33H48OS/c1-3-5-6-7-8-9-10-11-12-13-14-15-19-27-34-32-28-29(20-4-2)23-24-30(32)25-26-33(35)31-21-17-16-18-22-31/h16-18,21-26,28H,3-15,19-20,27H2,1-2H3. The van der Waals surface area contributed by atoms with Gasteiger partial charge < -0.3 is 4.74 Å². The lowest BCUT2D eigenvalue weighted by Gasteiger charge is -2.12. The summed E-state index contributed by atoms with van der Waals surface area (Å²) in [6.07, 6.45) is 24.2. The summed E-state index contributed by atoms with van der Waals surface area (Å²) in [5.74, 6) is 0.988. The predicted molar refractivity (Wildman–Crippen MR) is 159 cm³/mol. The van der Waals surface area contributed by atoms with E-state index in [2.05, 4.69) is 50.3 Å². The second-order valence-corrected chi connectivity index (χ2v) is 10.2. The monoisotopic (exact) mass is 492 g/mol. The summed E-state index contributed by atoms with van der Waals surface area (Å²) in [5.41, 5.74) is 3.53. The van der Waals surface area contributed by atoms with Gasteiger partial charge in [-0.1, -0.05) is 152 Å². The van der Waals surface area contributed by atoms with E-state index in [4.69, 9.17) is 17.0 Å². The van der Waals surface area contributed by atoms with Gasteiger partial charge in [-0.2, -0.15) is 0 Å². The number of rotatable bonds is 20. The summed E-state index contributed by atoms with van der Waals surface area (Å²) >= 11 is 5.60. The summed E-state index contributed by atoms with van der Waals surface area (Å²) in [5, 5.41) is 0. The highest BCUT2D eigenvalue weighted by Gasteiger charge is 2.05. The van der Waals surface area contributed by atoms with E-state index in [9.17, 15) is 0 Å². The maximum Gasteiger partial charge on any atom is 0.126 e. The summed E-state index contributed by atoms with van der Waals surface area (Å²) in [4.78, 5) is 0.852. The highest BCUT2D eigenvalue weighted by atomic mass is 32.1. The van der Waals surface area contributed by atoms with E-state index in [-0.39, 0.29) is 0 Å². The Kier molecular flexibility index (Phi) is 16.1. The van der Waals surface area contributed by atoms with Crippen LogP contribution < -0.4 is 4.74 Å². The molecule has 0 saturated heterocycles. The number of allylic oxidation sites excluding steroid dienone is 1. The van der Waals surface area contributed by atoms with Crippen LogP contribution >= 0.6 is 12.2 Å². The lowest BCUT2D eigenvalue weighted by molar-refractivity contribution is 0.303. The molecule has 2 aromatic rings. The molecule has 0 radical (unpaired) electrons. The molecule has 0 aliphatic rings. The fourth-order valence-corrected chi connectivity index (χ4v) is 4.66. The second-order valence-electron chi connectivity index (χ2n) is 9.78. The smallest absolute Gasteiger partial charge is 0.126 e. The largest absolute Gasteiger partial charge is 0.493 e. The quantitative estimate of drug-likeness (QED) is 0.0786. The van der Waals surface area contributed by atoms with Crippen molar-refractivity contribution in [1.29, 1.82) is 0 Å². The first kappa shape index (κ1) is 29.3. The van der Waals surface area contributed by atoms with Crippen molar-refractivity contribution in [2.45, 2.75) is 110 Å². The van der Waals surface area contributed by atoms with Gasteiger partial charge in [0.15, 0.2) is 0 Å². The van der Waals surface area contributed by atoms with Gasteiger partial charge in [0.05, 0.1) is 6.61 Å². The minimum absolute atomic E-state index is 0.789. The van der Waals surface area contributed by atoms with E-state index in [0.29, 0.717) is 0 Å². The molecule has 2 aromatic carbocycles. The van der Waals surface area contributed by atoms with Crippen LogP contribution in [0, 0.1) is 0 Å². The molecule has 0 heterocycles. The lowest BCUT2D eigenvalue weighted by Crippen LogP contribution is -2.00. The molecule has 1 nitrogen and oxygen atoms in total. The average molecular weight is 493 g/mol. The Hall–Kier alpha value is -1.93. The molecule has 0 amide bonds. The van der Waals surface area contributed by atoms with Gasteiger partial charge in [0.1, 0.15) is 5.75 Å². The molecule has 0 unspecified atom stereocenters. The van der Waals surface area contributed by atoms with Crippen LogP contribution in [0.3, 0.4) is 0 Å². The van der Waals surface area contributed by atoms with Crippen molar-refractivity contribution in [2.24, 2.45) is 0 Å². The van der Waals surface area contributed by atoms with Crippen LogP contribution in [0.2, 0.25) is 0 Å². The maximum absolute atomic E-state index is 6.27. The van der Waals surface area contributed by atoms with Crippen molar-refractivity contribution in [3.63, 3.8) is 0 Å². The number of hydrogen-bond donors (Lipinski definition) is 0. The number of hydrogen-bond acceptors (Lipinski definition) is 2. The van der Waals surface area contributed by atoms with Gasteiger partial charge in [0.2, 0.25) is 0 Å². The van der Waals surface area contributed by atoms with E-state index < -0.39 is 0 Å². The van der Waals surface area contributed by atoms with Crippen LogP contribution in [0.25, 0.3) is 6.08 Å². The first-order valence-corrected chi connectivity index (χ1v) is 14.7. The first-order chi connectivity index (χ1) is 17.2. The zero-order valence-electron chi connectivity index (χ0n) is 22.4. The summed E-state index contributed by atoms with van der Waals surface area (Å²) in [6, 6.07) is 16.8. The maximum atomic E-state index is 6.27. The Balaban J connectivity index is 1.68. The van der Waals surface area contributed by atoms with E-state index in [1.54, 1.807) is 0 Å². The summed E-state index contributed by atoms with van der Waals surface area (Å²) < 4.78 is 6.27. The molecule has 0 aliphatic carbocycles.